The van der Waals surface area contributed by atoms with E-state index in [-0.39, 0.29) is 24.0 Å². The zero-order valence-corrected chi connectivity index (χ0v) is 19.7. The van der Waals surface area contributed by atoms with Crippen molar-refractivity contribution in [3.63, 3.8) is 0 Å². The third kappa shape index (κ3) is 7.37. The minimum atomic E-state index is 0. The molecule has 0 spiro atoms. The maximum Gasteiger partial charge on any atom is 0.194 e. The van der Waals surface area contributed by atoms with Gasteiger partial charge >= 0.3 is 0 Å². The summed E-state index contributed by atoms with van der Waals surface area (Å²) in [6.07, 6.45) is 0. The van der Waals surface area contributed by atoms with Gasteiger partial charge in [0.15, 0.2) is 17.5 Å². The van der Waals surface area contributed by atoms with E-state index in [9.17, 15) is 0 Å². The van der Waals surface area contributed by atoms with Crippen LogP contribution in [-0.4, -0.2) is 69.2 Å². The van der Waals surface area contributed by atoms with Gasteiger partial charge in [-0.2, -0.15) is 0 Å². The fraction of sp³-hybridized carbons (Fsp3) is 0.650. The van der Waals surface area contributed by atoms with E-state index in [1.165, 1.54) is 6.54 Å². The maximum atomic E-state index is 5.66. The van der Waals surface area contributed by atoms with Crippen LogP contribution in [0.5, 0.6) is 11.5 Å². The number of halogens is 1. The Bertz CT molecular complexity index is 587. The molecule has 1 saturated heterocycles. The largest absolute Gasteiger partial charge is 0.493 e. The lowest BCUT2D eigenvalue weighted by Gasteiger charge is -2.37. The lowest BCUT2D eigenvalue weighted by Crippen LogP contribution is -2.52. The summed E-state index contributed by atoms with van der Waals surface area (Å²) in [5, 5.41) is 3.48. The first-order valence-electron chi connectivity index (χ1n) is 9.55. The molecule has 1 aromatic carbocycles. The number of aliphatic imine (C=N–C) groups is 1. The number of nitrogens with one attached hydrogen (secondary N) is 1. The van der Waals surface area contributed by atoms with E-state index in [4.69, 9.17) is 9.47 Å². The summed E-state index contributed by atoms with van der Waals surface area (Å²) >= 11 is 0. The van der Waals surface area contributed by atoms with E-state index in [0.717, 1.165) is 49.2 Å². The molecule has 2 rings (SSSR count). The van der Waals surface area contributed by atoms with Crippen molar-refractivity contribution in [3.05, 3.63) is 23.8 Å². The van der Waals surface area contributed by atoms with Crippen LogP contribution in [0.3, 0.4) is 0 Å². The first-order valence-corrected chi connectivity index (χ1v) is 9.55. The average molecular weight is 490 g/mol. The second-order valence-corrected chi connectivity index (χ2v) is 7.00. The van der Waals surface area contributed by atoms with Gasteiger partial charge in [0.2, 0.25) is 0 Å². The number of benzene rings is 1. The number of hydrogen-bond donors (Lipinski definition) is 1. The Hall–Kier alpha value is -1.22. The number of hydrogen-bond acceptors (Lipinski definition) is 4. The van der Waals surface area contributed by atoms with E-state index >= 15 is 0 Å². The van der Waals surface area contributed by atoms with Crippen molar-refractivity contribution in [3.8, 4) is 11.5 Å². The monoisotopic (exact) mass is 490 g/mol. The third-order valence-electron chi connectivity index (χ3n) is 4.49. The summed E-state index contributed by atoms with van der Waals surface area (Å²) < 4.78 is 11.0. The van der Waals surface area contributed by atoms with Gasteiger partial charge in [-0.05, 0) is 30.5 Å². The van der Waals surface area contributed by atoms with Crippen molar-refractivity contribution in [2.24, 2.45) is 10.9 Å². The Balaban J connectivity index is 0.00000364. The minimum absolute atomic E-state index is 0. The number of ether oxygens (including phenoxy) is 2. The fourth-order valence-electron chi connectivity index (χ4n) is 3.27. The number of guanidine groups is 1. The van der Waals surface area contributed by atoms with Crippen LogP contribution in [-0.2, 0) is 6.54 Å². The van der Waals surface area contributed by atoms with Crippen LogP contribution in [0, 0.1) is 5.92 Å². The molecule has 0 saturated carbocycles. The molecule has 0 aliphatic carbocycles. The molecule has 6 nitrogen and oxygen atoms in total. The first kappa shape index (κ1) is 23.8. The second-order valence-electron chi connectivity index (χ2n) is 7.00. The minimum Gasteiger partial charge on any atom is -0.493 e. The van der Waals surface area contributed by atoms with Crippen molar-refractivity contribution in [2.45, 2.75) is 27.3 Å². The standard InChI is InChI=1S/C20H34N4O2.HI/c1-6-26-19-13-17(7-8-18(19)25-5)14-22-20(21-4)24-11-9-23(10-12-24)15-16(2)3;/h7-8,13,16H,6,9-12,14-15H2,1-5H3,(H,21,22);1H. The Morgan fingerprint density at radius 2 is 1.89 bits per heavy atom. The van der Waals surface area contributed by atoms with Crippen LogP contribution in [0.2, 0.25) is 0 Å². The highest BCUT2D eigenvalue weighted by Gasteiger charge is 2.20. The summed E-state index contributed by atoms with van der Waals surface area (Å²) in [5.41, 5.74) is 1.15. The molecule has 1 aliphatic heterocycles. The Morgan fingerprint density at radius 1 is 1.19 bits per heavy atom. The molecule has 0 atom stereocenters. The van der Waals surface area contributed by atoms with Gasteiger partial charge in [0, 0.05) is 46.3 Å². The molecule has 0 unspecified atom stereocenters. The quantitative estimate of drug-likeness (QED) is 0.362. The molecule has 1 aromatic rings. The third-order valence-corrected chi connectivity index (χ3v) is 4.49. The number of piperazine rings is 1. The van der Waals surface area contributed by atoms with Crippen LogP contribution in [0.4, 0.5) is 0 Å². The molecule has 0 amide bonds. The number of methoxy groups -OCH3 is 1. The highest BCUT2D eigenvalue weighted by atomic mass is 127. The number of nitrogens with zero attached hydrogens (tertiary/aromatic N) is 3. The molecular weight excluding hydrogens is 455 g/mol. The Morgan fingerprint density at radius 3 is 2.44 bits per heavy atom. The van der Waals surface area contributed by atoms with Crippen LogP contribution < -0.4 is 14.8 Å². The van der Waals surface area contributed by atoms with Crippen LogP contribution in [0.1, 0.15) is 26.3 Å². The van der Waals surface area contributed by atoms with Gasteiger partial charge in [-0.1, -0.05) is 19.9 Å². The van der Waals surface area contributed by atoms with Crippen LogP contribution in [0.15, 0.2) is 23.2 Å². The van der Waals surface area contributed by atoms with Gasteiger partial charge in [-0.15, -0.1) is 24.0 Å². The van der Waals surface area contributed by atoms with Gasteiger partial charge in [-0.3, -0.25) is 9.89 Å². The molecule has 0 radical (unpaired) electrons. The lowest BCUT2D eigenvalue weighted by molar-refractivity contribution is 0.164. The highest BCUT2D eigenvalue weighted by molar-refractivity contribution is 14.0. The second kappa shape index (κ2) is 12.3. The van der Waals surface area contributed by atoms with Gasteiger partial charge in [-0.25, -0.2) is 0 Å². The zero-order valence-electron chi connectivity index (χ0n) is 17.3. The predicted octanol–water partition coefficient (Wildman–Crippen LogP) is 3.06. The number of rotatable bonds is 7. The Kier molecular flexibility index (Phi) is 10.8. The van der Waals surface area contributed by atoms with Gasteiger partial charge in [0.25, 0.3) is 0 Å². The molecule has 1 fully saturated rings. The summed E-state index contributed by atoms with van der Waals surface area (Å²) in [4.78, 5) is 9.33. The maximum absolute atomic E-state index is 5.66. The van der Waals surface area contributed by atoms with E-state index in [0.29, 0.717) is 19.1 Å². The van der Waals surface area contributed by atoms with Crippen molar-refractivity contribution >= 4 is 29.9 Å². The summed E-state index contributed by atoms with van der Waals surface area (Å²) in [5.74, 6) is 3.23. The smallest absolute Gasteiger partial charge is 0.194 e. The van der Waals surface area contributed by atoms with Gasteiger partial charge in [0.1, 0.15) is 0 Å². The normalized spacial score (nSPS) is 15.5. The molecule has 1 N–H and O–H groups in total. The summed E-state index contributed by atoms with van der Waals surface area (Å²) in [7, 11) is 3.51. The van der Waals surface area contributed by atoms with E-state index in [1.807, 2.05) is 26.1 Å². The molecule has 7 heteroatoms. The van der Waals surface area contributed by atoms with Crippen LogP contribution in [0.25, 0.3) is 0 Å². The van der Waals surface area contributed by atoms with Crippen molar-refractivity contribution < 1.29 is 9.47 Å². The molecule has 1 aliphatic rings. The van der Waals surface area contributed by atoms with E-state index in [2.05, 4.69) is 40.0 Å². The lowest BCUT2D eigenvalue weighted by atomic mass is 10.2. The predicted molar refractivity (Wildman–Crippen MR) is 123 cm³/mol. The van der Waals surface area contributed by atoms with Crippen molar-refractivity contribution in [1.29, 1.82) is 0 Å². The average Bonchev–Trinajstić information content (AvgIpc) is 2.63. The van der Waals surface area contributed by atoms with Crippen LogP contribution >= 0.6 is 24.0 Å². The topological polar surface area (TPSA) is 49.3 Å². The zero-order chi connectivity index (χ0) is 18.9. The summed E-state index contributed by atoms with van der Waals surface area (Å²) in [6, 6.07) is 6.04. The molecule has 0 aromatic heterocycles. The van der Waals surface area contributed by atoms with E-state index in [1.54, 1.807) is 7.11 Å². The van der Waals surface area contributed by atoms with Crippen molar-refractivity contribution in [1.82, 2.24) is 15.1 Å². The molecule has 0 bridgehead atoms. The highest BCUT2D eigenvalue weighted by Crippen LogP contribution is 2.28. The summed E-state index contributed by atoms with van der Waals surface area (Å²) in [6.45, 7) is 13.2. The Labute approximate surface area is 181 Å². The first-order chi connectivity index (χ1) is 12.6. The molecular formula is C20H35IN4O2. The van der Waals surface area contributed by atoms with Crippen molar-refractivity contribution in [2.75, 3.05) is 53.5 Å². The van der Waals surface area contributed by atoms with E-state index < -0.39 is 0 Å². The van der Waals surface area contributed by atoms with Gasteiger partial charge in [0.05, 0.1) is 13.7 Å². The van der Waals surface area contributed by atoms with Gasteiger partial charge < -0.3 is 19.7 Å². The molecule has 154 valence electrons. The fourth-order valence-corrected chi connectivity index (χ4v) is 3.27. The molecule has 27 heavy (non-hydrogen) atoms. The molecule has 1 heterocycles. The SMILES string of the molecule is CCOc1cc(CNC(=NC)N2CCN(CC(C)C)CC2)ccc1OC.I.